The zero-order valence-corrected chi connectivity index (χ0v) is 16.9. The van der Waals surface area contributed by atoms with Gasteiger partial charge in [0.05, 0.1) is 35.9 Å². The van der Waals surface area contributed by atoms with Crippen molar-refractivity contribution in [3.05, 3.63) is 55.8 Å². The molecule has 29 heavy (non-hydrogen) atoms. The molecule has 3 rings (SSSR count). The van der Waals surface area contributed by atoms with Gasteiger partial charge in [-0.2, -0.15) is 4.99 Å². The molecule has 0 aliphatic rings. The van der Waals surface area contributed by atoms with Crippen LogP contribution in [-0.4, -0.2) is 29.6 Å². The second-order valence-electron chi connectivity index (χ2n) is 5.69. The van der Waals surface area contributed by atoms with Gasteiger partial charge in [-0.25, -0.2) is 0 Å². The molecule has 0 N–H and O–H groups in total. The van der Waals surface area contributed by atoms with E-state index in [-0.39, 0.29) is 27.6 Å². The monoisotopic (exact) mass is 431 g/mol. The number of halogens is 1. The largest absolute Gasteiger partial charge is 0.493 e. The van der Waals surface area contributed by atoms with E-state index in [9.17, 15) is 14.9 Å². The van der Waals surface area contributed by atoms with Crippen LogP contribution in [-0.2, 0) is 6.54 Å². The maximum Gasteiger partial charge on any atom is 0.286 e. The summed E-state index contributed by atoms with van der Waals surface area (Å²) in [4.78, 5) is 27.7. The number of terminal acetylenes is 1. The molecule has 0 saturated heterocycles. The molecule has 0 aliphatic carbocycles. The smallest absolute Gasteiger partial charge is 0.286 e. The molecule has 148 valence electrons. The van der Waals surface area contributed by atoms with Crippen LogP contribution in [0.25, 0.3) is 10.2 Å². The zero-order chi connectivity index (χ0) is 21.1. The first-order chi connectivity index (χ1) is 13.9. The number of ether oxygens (including phenoxy) is 2. The molecule has 0 aliphatic heterocycles. The van der Waals surface area contributed by atoms with E-state index in [1.807, 2.05) is 0 Å². The lowest BCUT2D eigenvalue weighted by atomic mass is 10.2. The lowest BCUT2D eigenvalue weighted by molar-refractivity contribution is -0.385. The average molecular weight is 432 g/mol. The van der Waals surface area contributed by atoms with Crippen LogP contribution in [0, 0.1) is 22.5 Å². The summed E-state index contributed by atoms with van der Waals surface area (Å²) in [6.07, 6.45) is 5.48. The lowest BCUT2D eigenvalue weighted by Gasteiger charge is -2.08. The Hall–Kier alpha value is -3.35. The van der Waals surface area contributed by atoms with Crippen molar-refractivity contribution in [2.75, 3.05) is 14.2 Å². The number of hydrogen-bond donors (Lipinski definition) is 0. The van der Waals surface area contributed by atoms with Crippen LogP contribution < -0.4 is 14.3 Å². The van der Waals surface area contributed by atoms with Crippen LogP contribution in [0.5, 0.6) is 11.5 Å². The molecular weight excluding hydrogens is 418 g/mol. The Labute approximate surface area is 174 Å². The van der Waals surface area contributed by atoms with Gasteiger partial charge in [0.15, 0.2) is 16.3 Å². The van der Waals surface area contributed by atoms with E-state index < -0.39 is 10.8 Å². The SMILES string of the molecule is C#CCn1c(=NC(=O)c2cc(Cl)ccc2[N+](=O)[O-])sc2cc(OC)c(OC)cc21. The van der Waals surface area contributed by atoms with E-state index >= 15 is 0 Å². The number of fused-ring (bicyclic) bond motifs is 1. The van der Waals surface area contributed by atoms with Gasteiger partial charge in [-0.1, -0.05) is 28.9 Å². The van der Waals surface area contributed by atoms with Crippen molar-refractivity contribution < 1.29 is 19.2 Å². The van der Waals surface area contributed by atoms with Crippen molar-refractivity contribution >= 4 is 44.7 Å². The number of nitro groups is 1. The molecule has 0 unspecified atom stereocenters. The van der Waals surface area contributed by atoms with Crippen molar-refractivity contribution in [3.63, 3.8) is 0 Å². The molecule has 1 heterocycles. The average Bonchev–Trinajstić information content (AvgIpc) is 3.02. The van der Waals surface area contributed by atoms with E-state index in [1.54, 1.807) is 16.7 Å². The van der Waals surface area contributed by atoms with E-state index in [0.717, 1.165) is 4.70 Å². The minimum absolute atomic E-state index is 0.138. The quantitative estimate of drug-likeness (QED) is 0.349. The summed E-state index contributed by atoms with van der Waals surface area (Å²) in [5.74, 6) is 2.73. The summed E-state index contributed by atoms with van der Waals surface area (Å²) < 4.78 is 13.0. The van der Waals surface area contributed by atoms with Gasteiger partial charge >= 0.3 is 0 Å². The van der Waals surface area contributed by atoms with Crippen molar-refractivity contribution in [1.82, 2.24) is 4.57 Å². The third kappa shape index (κ3) is 3.94. The van der Waals surface area contributed by atoms with Crippen LogP contribution in [0.1, 0.15) is 10.4 Å². The molecule has 10 heteroatoms. The molecule has 0 fully saturated rings. The van der Waals surface area contributed by atoms with Crippen molar-refractivity contribution in [2.45, 2.75) is 6.54 Å². The Kier molecular flexibility index (Phi) is 5.87. The third-order valence-electron chi connectivity index (χ3n) is 4.02. The van der Waals surface area contributed by atoms with Gasteiger partial charge in [-0.3, -0.25) is 14.9 Å². The standard InChI is InChI=1S/C19H14ClN3O5S/c1-4-7-22-14-9-15(27-2)16(28-3)10-17(14)29-19(22)21-18(24)12-8-11(20)5-6-13(12)23(25)26/h1,5-6,8-10H,7H2,2-3H3. The molecule has 0 radical (unpaired) electrons. The number of aromatic nitrogens is 1. The summed E-state index contributed by atoms with van der Waals surface area (Å²) in [5.41, 5.74) is 0.108. The number of thiazole rings is 1. The highest BCUT2D eigenvalue weighted by molar-refractivity contribution is 7.16. The highest BCUT2D eigenvalue weighted by Gasteiger charge is 2.21. The summed E-state index contributed by atoms with van der Waals surface area (Å²) >= 11 is 7.10. The summed E-state index contributed by atoms with van der Waals surface area (Å²) in [7, 11) is 3.02. The molecule has 2 aromatic carbocycles. The van der Waals surface area contributed by atoms with Crippen LogP contribution >= 0.6 is 22.9 Å². The van der Waals surface area contributed by atoms with Crippen molar-refractivity contribution in [1.29, 1.82) is 0 Å². The van der Waals surface area contributed by atoms with Gasteiger partial charge in [0, 0.05) is 23.2 Å². The third-order valence-corrected chi connectivity index (χ3v) is 5.30. The normalized spacial score (nSPS) is 11.3. The van der Waals surface area contributed by atoms with Gasteiger partial charge in [0.25, 0.3) is 11.6 Å². The van der Waals surface area contributed by atoms with E-state index in [1.165, 1.54) is 43.8 Å². The fourth-order valence-electron chi connectivity index (χ4n) is 2.71. The van der Waals surface area contributed by atoms with Crippen LogP contribution in [0.2, 0.25) is 5.02 Å². The van der Waals surface area contributed by atoms with Crippen LogP contribution in [0.3, 0.4) is 0 Å². The maximum absolute atomic E-state index is 12.7. The maximum atomic E-state index is 12.7. The van der Waals surface area contributed by atoms with E-state index in [0.29, 0.717) is 17.0 Å². The van der Waals surface area contributed by atoms with Crippen molar-refractivity contribution in [3.8, 4) is 23.8 Å². The first kappa shape index (κ1) is 20.4. The molecular formula is C19H14ClN3O5S. The number of rotatable bonds is 5. The molecule has 8 nitrogen and oxygen atoms in total. The predicted octanol–water partition coefficient (Wildman–Crippen LogP) is 3.66. The van der Waals surface area contributed by atoms with Gasteiger partial charge in [-0.05, 0) is 12.1 Å². The second kappa shape index (κ2) is 8.34. The highest BCUT2D eigenvalue weighted by atomic mass is 35.5. The first-order valence-corrected chi connectivity index (χ1v) is 9.30. The molecule has 3 aromatic rings. The number of nitro benzene ring substituents is 1. The number of hydrogen-bond acceptors (Lipinski definition) is 6. The second-order valence-corrected chi connectivity index (χ2v) is 7.13. The van der Waals surface area contributed by atoms with Gasteiger partial charge in [0.1, 0.15) is 5.56 Å². The highest BCUT2D eigenvalue weighted by Crippen LogP contribution is 2.33. The molecule has 1 amide bonds. The van der Waals surface area contributed by atoms with Crippen LogP contribution in [0.15, 0.2) is 35.3 Å². The molecule has 0 atom stereocenters. The Morgan fingerprint density at radius 3 is 2.62 bits per heavy atom. The zero-order valence-electron chi connectivity index (χ0n) is 15.3. The van der Waals surface area contributed by atoms with Crippen LogP contribution in [0.4, 0.5) is 5.69 Å². The minimum Gasteiger partial charge on any atom is -0.493 e. The van der Waals surface area contributed by atoms with E-state index in [2.05, 4.69) is 10.9 Å². The van der Waals surface area contributed by atoms with Gasteiger partial charge in [-0.15, -0.1) is 6.42 Å². The number of carbonyl (C=O) groups is 1. The Balaban J connectivity index is 2.24. The first-order valence-electron chi connectivity index (χ1n) is 8.11. The Morgan fingerprint density at radius 2 is 2.00 bits per heavy atom. The van der Waals surface area contributed by atoms with Gasteiger partial charge in [0.2, 0.25) is 0 Å². The predicted molar refractivity (Wildman–Crippen MR) is 110 cm³/mol. The minimum atomic E-state index is -0.796. The number of nitrogens with zero attached hydrogens (tertiary/aromatic N) is 3. The molecule has 1 aromatic heterocycles. The fraction of sp³-hybridized carbons (Fsp3) is 0.158. The number of amides is 1. The Bertz CT molecular complexity index is 1240. The summed E-state index contributed by atoms with van der Waals surface area (Å²) in [6.45, 7) is 0.138. The fourth-order valence-corrected chi connectivity index (χ4v) is 3.92. The Morgan fingerprint density at radius 1 is 1.31 bits per heavy atom. The molecule has 0 spiro atoms. The lowest BCUT2D eigenvalue weighted by Crippen LogP contribution is -2.17. The summed E-state index contributed by atoms with van der Waals surface area (Å²) in [5, 5.41) is 11.4. The number of carbonyl (C=O) groups excluding carboxylic acids is 1. The topological polar surface area (TPSA) is 96.0 Å². The van der Waals surface area contributed by atoms with E-state index in [4.69, 9.17) is 27.5 Å². The molecule has 0 saturated carbocycles. The van der Waals surface area contributed by atoms with Gasteiger partial charge < -0.3 is 14.0 Å². The number of benzene rings is 2. The molecule has 0 bridgehead atoms. The number of methoxy groups -OCH3 is 2. The van der Waals surface area contributed by atoms with Crippen molar-refractivity contribution in [2.24, 2.45) is 4.99 Å². The summed E-state index contributed by atoms with van der Waals surface area (Å²) in [6, 6.07) is 7.20.